The van der Waals surface area contributed by atoms with Gasteiger partial charge in [-0.25, -0.2) is 9.97 Å². The number of rotatable bonds is 8. The fourth-order valence-electron chi connectivity index (χ4n) is 1.97. The minimum atomic E-state index is 0. The van der Waals surface area contributed by atoms with Gasteiger partial charge in [0.05, 0.1) is 11.6 Å². The van der Waals surface area contributed by atoms with Crippen LogP contribution in [0, 0.1) is 0 Å². The quantitative estimate of drug-likeness (QED) is 0.187. The van der Waals surface area contributed by atoms with E-state index < -0.39 is 0 Å². The van der Waals surface area contributed by atoms with Crippen molar-refractivity contribution >= 4 is 53.1 Å². The third kappa shape index (κ3) is 8.86. The van der Waals surface area contributed by atoms with Gasteiger partial charge in [-0.2, -0.15) is 0 Å². The Labute approximate surface area is 180 Å². The second-order valence-electron chi connectivity index (χ2n) is 5.09. The van der Waals surface area contributed by atoms with Crippen molar-refractivity contribution in [3.63, 3.8) is 0 Å². The Hall–Kier alpha value is -1.32. The minimum absolute atomic E-state index is 0. The van der Waals surface area contributed by atoms with E-state index >= 15 is 0 Å². The van der Waals surface area contributed by atoms with Crippen LogP contribution in [0.2, 0.25) is 10.2 Å². The zero-order valence-electron chi connectivity index (χ0n) is 14.4. The van der Waals surface area contributed by atoms with E-state index in [0.717, 1.165) is 24.5 Å². The number of hydrogen-bond donors (Lipinski definition) is 2. The van der Waals surface area contributed by atoms with Gasteiger partial charge < -0.3 is 15.4 Å². The number of hydrogen-bond acceptors (Lipinski definition) is 4. The van der Waals surface area contributed by atoms with Crippen LogP contribution in [0.3, 0.4) is 0 Å². The molecule has 0 amide bonds. The fraction of sp³-hybridized carbons (Fsp3) is 0.353. The highest BCUT2D eigenvalue weighted by Crippen LogP contribution is 2.11. The lowest BCUT2D eigenvalue weighted by Crippen LogP contribution is -2.39. The van der Waals surface area contributed by atoms with Crippen molar-refractivity contribution in [3.05, 3.63) is 52.4 Å². The number of nitrogens with one attached hydrogen (secondary N) is 2. The monoisotopic (exact) mass is 509 g/mol. The van der Waals surface area contributed by atoms with Crippen molar-refractivity contribution in [2.45, 2.75) is 13.3 Å². The predicted molar refractivity (Wildman–Crippen MR) is 117 cm³/mol. The molecule has 0 bridgehead atoms. The van der Waals surface area contributed by atoms with Gasteiger partial charge in [0.1, 0.15) is 11.8 Å². The predicted octanol–water partition coefficient (Wildman–Crippen LogP) is 3.58. The van der Waals surface area contributed by atoms with Crippen LogP contribution in [0.4, 0.5) is 0 Å². The number of nitrogens with zero attached hydrogens (tertiary/aromatic N) is 3. The average Bonchev–Trinajstić information content (AvgIpc) is 2.62. The number of guanidine groups is 1. The first-order valence-electron chi connectivity index (χ1n) is 8.04. The summed E-state index contributed by atoms with van der Waals surface area (Å²) in [6, 6.07) is 7.22. The van der Waals surface area contributed by atoms with Crippen LogP contribution in [0.1, 0.15) is 12.5 Å². The molecule has 0 aliphatic heterocycles. The molecule has 0 fully saturated rings. The lowest BCUT2D eigenvalue weighted by atomic mass is 10.2. The lowest BCUT2D eigenvalue weighted by molar-refractivity contribution is 0.309. The van der Waals surface area contributed by atoms with Crippen molar-refractivity contribution in [1.29, 1.82) is 0 Å². The van der Waals surface area contributed by atoms with E-state index in [1.807, 2.05) is 13.0 Å². The van der Waals surface area contributed by atoms with Crippen molar-refractivity contribution in [3.8, 4) is 5.88 Å². The van der Waals surface area contributed by atoms with Gasteiger partial charge in [-0.3, -0.25) is 4.99 Å². The topological polar surface area (TPSA) is 71.4 Å². The molecule has 6 nitrogen and oxygen atoms in total. The molecule has 2 N–H and O–H groups in total. The van der Waals surface area contributed by atoms with Crippen molar-refractivity contribution < 1.29 is 4.74 Å². The highest BCUT2D eigenvalue weighted by Gasteiger charge is 1.99. The molecule has 0 aliphatic carbocycles. The first kappa shape index (κ1) is 22.7. The molecule has 142 valence electrons. The van der Waals surface area contributed by atoms with Crippen molar-refractivity contribution in [1.82, 2.24) is 20.6 Å². The summed E-state index contributed by atoms with van der Waals surface area (Å²) in [7, 11) is 0. The Balaban J connectivity index is 0.00000338. The van der Waals surface area contributed by atoms with Crippen molar-refractivity contribution in [2.24, 2.45) is 4.99 Å². The molecular formula is C17H22Cl2IN5O. The van der Waals surface area contributed by atoms with Crippen LogP contribution in [0.15, 0.2) is 41.7 Å². The van der Waals surface area contributed by atoms with E-state index in [0.29, 0.717) is 35.8 Å². The maximum Gasteiger partial charge on any atom is 0.213 e. The summed E-state index contributed by atoms with van der Waals surface area (Å²) in [5.74, 6) is 1.29. The van der Waals surface area contributed by atoms with Gasteiger partial charge in [-0.05, 0) is 31.0 Å². The van der Waals surface area contributed by atoms with E-state index in [2.05, 4.69) is 25.6 Å². The Morgan fingerprint density at radius 1 is 1.12 bits per heavy atom. The second kappa shape index (κ2) is 12.9. The van der Waals surface area contributed by atoms with Gasteiger partial charge in [-0.15, -0.1) is 24.0 Å². The fourth-order valence-corrected chi connectivity index (χ4v) is 2.19. The molecule has 9 heteroatoms. The molecule has 0 aliphatic rings. The van der Waals surface area contributed by atoms with Gasteiger partial charge in [0, 0.05) is 31.5 Å². The summed E-state index contributed by atoms with van der Waals surface area (Å²) >= 11 is 11.6. The summed E-state index contributed by atoms with van der Waals surface area (Å²) in [4.78, 5) is 12.7. The molecule has 0 saturated heterocycles. The number of aromatic nitrogens is 2. The van der Waals surface area contributed by atoms with Crippen LogP contribution in [0.5, 0.6) is 5.88 Å². The van der Waals surface area contributed by atoms with Gasteiger partial charge >= 0.3 is 0 Å². The molecule has 0 spiro atoms. The SMILES string of the molecule is CCNC(=NCCc1ccc(Cl)nc1)NCCOc1ccc(Cl)cn1.I. The van der Waals surface area contributed by atoms with Crippen LogP contribution >= 0.6 is 47.2 Å². The molecule has 2 rings (SSSR count). The van der Waals surface area contributed by atoms with E-state index in [4.69, 9.17) is 27.9 Å². The first-order chi connectivity index (χ1) is 12.2. The zero-order valence-corrected chi connectivity index (χ0v) is 18.3. The molecule has 0 atom stereocenters. The van der Waals surface area contributed by atoms with Gasteiger partial charge in [-0.1, -0.05) is 29.3 Å². The Morgan fingerprint density at radius 3 is 2.62 bits per heavy atom. The molecule has 2 aromatic heterocycles. The van der Waals surface area contributed by atoms with E-state index in [9.17, 15) is 0 Å². The first-order valence-corrected chi connectivity index (χ1v) is 8.80. The summed E-state index contributed by atoms with van der Waals surface area (Å²) < 4.78 is 5.54. The van der Waals surface area contributed by atoms with Gasteiger partial charge in [0.2, 0.25) is 5.88 Å². The highest BCUT2D eigenvalue weighted by molar-refractivity contribution is 14.0. The largest absolute Gasteiger partial charge is 0.476 e. The average molecular weight is 510 g/mol. The number of pyridine rings is 2. The maximum atomic E-state index is 5.78. The standard InChI is InChI=1S/C17H21Cl2N5O.HI/c1-2-20-17(21-8-7-13-3-5-15(19)23-11-13)22-9-10-25-16-6-4-14(18)12-24-16;/h3-6,11-12H,2,7-10H2,1H3,(H2,20,21,22);1H. The number of aliphatic imine (C=N–C) groups is 1. The molecular weight excluding hydrogens is 488 g/mol. The smallest absolute Gasteiger partial charge is 0.213 e. The van der Waals surface area contributed by atoms with Crippen LogP contribution in [0.25, 0.3) is 0 Å². The van der Waals surface area contributed by atoms with Crippen LogP contribution < -0.4 is 15.4 Å². The molecule has 26 heavy (non-hydrogen) atoms. The van der Waals surface area contributed by atoms with E-state index in [1.54, 1.807) is 30.6 Å². The Morgan fingerprint density at radius 2 is 1.96 bits per heavy atom. The van der Waals surface area contributed by atoms with E-state index in [-0.39, 0.29) is 24.0 Å². The minimum Gasteiger partial charge on any atom is -0.476 e. The number of halogens is 3. The Kier molecular flexibility index (Phi) is 11.3. The van der Waals surface area contributed by atoms with Crippen LogP contribution in [-0.4, -0.2) is 42.2 Å². The molecule has 2 heterocycles. The molecule has 2 aromatic rings. The lowest BCUT2D eigenvalue weighted by Gasteiger charge is -2.11. The Bertz CT molecular complexity index is 668. The second-order valence-corrected chi connectivity index (χ2v) is 5.91. The molecule has 0 radical (unpaired) electrons. The maximum absolute atomic E-state index is 5.78. The molecule has 0 unspecified atom stereocenters. The summed E-state index contributed by atoms with van der Waals surface area (Å²) in [6.45, 7) is 4.54. The summed E-state index contributed by atoms with van der Waals surface area (Å²) in [6.07, 6.45) is 4.12. The summed E-state index contributed by atoms with van der Waals surface area (Å²) in [5.41, 5.74) is 1.10. The molecule has 0 saturated carbocycles. The highest BCUT2D eigenvalue weighted by atomic mass is 127. The third-order valence-corrected chi connectivity index (χ3v) is 3.60. The van der Waals surface area contributed by atoms with Gasteiger partial charge in [0.15, 0.2) is 5.96 Å². The normalized spacial score (nSPS) is 10.8. The van der Waals surface area contributed by atoms with Crippen LogP contribution in [-0.2, 0) is 6.42 Å². The number of ether oxygens (including phenoxy) is 1. The van der Waals surface area contributed by atoms with Crippen molar-refractivity contribution in [2.75, 3.05) is 26.2 Å². The third-order valence-electron chi connectivity index (χ3n) is 3.15. The zero-order chi connectivity index (χ0) is 17.9. The molecule has 0 aromatic carbocycles. The summed E-state index contributed by atoms with van der Waals surface area (Å²) in [5, 5.41) is 7.50. The van der Waals surface area contributed by atoms with E-state index in [1.165, 1.54) is 0 Å². The van der Waals surface area contributed by atoms with Gasteiger partial charge in [0.25, 0.3) is 0 Å².